The first-order chi connectivity index (χ1) is 6.20. The quantitative estimate of drug-likeness (QED) is 0.651. The van der Waals surface area contributed by atoms with Gasteiger partial charge in [-0.15, -0.1) is 6.58 Å². The summed E-state index contributed by atoms with van der Waals surface area (Å²) in [6.07, 6.45) is 2.73. The summed E-state index contributed by atoms with van der Waals surface area (Å²) in [4.78, 5) is 13.6. The number of amides is 1. The normalized spacial score (nSPS) is 24.9. The van der Waals surface area contributed by atoms with Gasteiger partial charge in [0.2, 0.25) is 5.91 Å². The predicted molar refractivity (Wildman–Crippen MR) is 53.5 cm³/mol. The van der Waals surface area contributed by atoms with Gasteiger partial charge in [-0.1, -0.05) is 13.0 Å². The van der Waals surface area contributed by atoms with Crippen molar-refractivity contribution in [2.24, 2.45) is 0 Å². The summed E-state index contributed by atoms with van der Waals surface area (Å²) in [6, 6.07) is 0.198. The molecule has 0 aromatic carbocycles. The third-order valence-corrected chi connectivity index (χ3v) is 2.52. The number of carbonyl (C=O) groups is 1. The molecular formula is C10H18N2O. The number of carbonyl (C=O) groups excluding carboxylic acids is 1. The molecule has 0 aliphatic carbocycles. The fourth-order valence-electron chi connectivity index (χ4n) is 1.67. The number of likely N-dealkylation sites (N-methyl/N-ethyl adjacent to an activating group) is 1. The second kappa shape index (κ2) is 4.42. The Labute approximate surface area is 79.8 Å². The molecule has 2 atom stereocenters. The average Bonchev–Trinajstić information content (AvgIpc) is 2.48. The molecule has 3 heteroatoms. The van der Waals surface area contributed by atoms with Crippen LogP contribution in [-0.2, 0) is 4.79 Å². The lowest BCUT2D eigenvalue weighted by Gasteiger charge is -2.21. The summed E-state index contributed by atoms with van der Waals surface area (Å²) >= 11 is 0. The molecule has 0 spiro atoms. The minimum absolute atomic E-state index is 0.0346. The highest BCUT2D eigenvalue weighted by Gasteiger charge is 2.32. The number of hydrogen-bond donors (Lipinski definition) is 1. The molecule has 1 rings (SSSR count). The molecule has 2 unspecified atom stereocenters. The molecule has 0 bridgehead atoms. The number of hydrogen-bond acceptors (Lipinski definition) is 2. The average molecular weight is 182 g/mol. The van der Waals surface area contributed by atoms with Crippen molar-refractivity contribution >= 4 is 5.91 Å². The van der Waals surface area contributed by atoms with Gasteiger partial charge in [-0.25, -0.2) is 0 Å². The van der Waals surface area contributed by atoms with Gasteiger partial charge in [0, 0.05) is 12.6 Å². The van der Waals surface area contributed by atoms with Crippen LogP contribution in [0, 0.1) is 0 Å². The second-order valence-corrected chi connectivity index (χ2v) is 3.41. The maximum Gasteiger partial charge on any atom is 0.240 e. The Morgan fingerprint density at radius 1 is 1.85 bits per heavy atom. The smallest absolute Gasteiger partial charge is 0.240 e. The fraction of sp³-hybridized carbons (Fsp3) is 0.700. The molecule has 1 aliphatic heterocycles. The molecular weight excluding hydrogens is 164 g/mol. The summed E-state index contributed by atoms with van der Waals surface area (Å²) in [5, 5.41) is 3.18. The Morgan fingerprint density at radius 2 is 2.54 bits per heavy atom. The zero-order valence-corrected chi connectivity index (χ0v) is 8.42. The third-order valence-electron chi connectivity index (χ3n) is 2.52. The lowest BCUT2D eigenvalue weighted by molar-refractivity contribution is -0.130. The lowest BCUT2D eigenvalue weighted by Crippen LogP contribution is -2.41. The molecule has 1 aliphatic rings. The first-order valence-electron chi connectivity index (χ1n) is 4.87. The van der Waals surface area contributed by atoms with Crippen LogP contribution in [0.5, 0.6) is 0 Å². The van der Waals surface area contributed by atoms with Crippen molar-refractivity contribution in [3.63, 3.8) is 0 Å². The molecule has 1 fully saturated rings. The zero-order chi connectivity index (χ0) is 9.84. The van der Waals surface area contributed by atoms with Crippen molar-refractivity contribution < 1.29 is 4.79 Å². The Hall–Kier alpha value is -0.830. The van der Waals surface area contributed by atoms with Gasteiger partial charge in [-0.3, -0.25) is 4.79 Å². The fourth-order valence-corrected chi connectivity index (χ4v) is 1.67. The largest absolute Gasteiger partial charge is 0.335 e. The van der Waals surface area contributed by atoms with E-state index in [1.807, 2.05) is 24.8 Å². The molecule has 13 heavy (non-hydrogen) atoms. The topological polar surface area (TPSA) is 32.3 Å². The van der Waals surface area contributed by atoms with Crippen LogP contribution in [0.25, 0.3) is 0 Å². The van der Waals surface area contributed by atoms with Gasteiger partial charge in [-0.2, -0.15) is 0 Å². The summed E-state index contributed by atoms with van der Waals surface area (Å²) < 4.78 is 0. The molecule has 0 radical (unpaired) electrons. The van der Waals surface area contributed by atoms with E-state index in [4.69, 9.17) is 0 Å². The van der Waals surface area contributed by atoms with Gasteiger partial charge >= 0.3 is 0 Å². The minimum atomic E-state index is 0.0346. The van der Waals surface area contributed by atoms with Crippen LogP contribution in [0.2, 0.25) is 0 Å². The van der Waals surface area contributed by atoms with E-state index in [1.54, 1.807) is 0 Å². The Balaban J connectivity index is 2.54. The standard InChI is InChI=1S/C10H18N2O/c1-4-8(3)12-7-6-9(10(12)13)11-5-2/h4,8-9,11H,1,5-7H2,2-3H3. The zero-order valence-electron chi connectivity index (χ0n) is 8.42. The first-order valence-corrected chi connectivity index (χ1v) is 4.87. The minimum Gasteiger partial charge on any atom is -0.335 e. The number of likely N-dealkylation sites (tertiary alicyclic amines) is 1. The van der Waals surface area contributed by atoms with Crippen molar-refractivity contribution in [2.45, 2.75) is 32.4 Å². The highest BCUT2D eigenvalue weighted by Crippen LogP contribution is 2.14. The van der Waals surface area contributed by atoms with Crippen molar-refractivity contribution in [3.05, 3.63) is 12.7 Å². The van der Waals surface area contributed by atoms with Gasteiger partial charge in [0.1, 0.15) is 0 Å². The van der Waals surface area contributed by atoms with Crippen LogP contribution in [0.1, 0.15) is 20.3 Å². The van der Waals surface area contributed by atoms with Crippen molar-refractivity contribution in [3.8, 4) is 0 Å². The highest BCUT2D eigenvalue weighted by molar-refractivity contribution is 5.84. The van der Waals surface area contributed by atoms with Gasteiger partial charge < -0.3 is 10.2 Å². The van der Waals surface area contributed by atoms with Gasteiger partial charge in [0.25, 0.3) is 0 Å². The maximum absolute atomic E-state index is 11.7. The van der Waals surface area contributed by atoms with E-state index in [9.17, 15) is 4.79 Å². The number of rotatable bonds is 4. The molecule has 1 amide bonds. The van der Waals surface area contributed by atoms with Crippen LogP contribution in [0.3, 0.4) is 0 Å². The summed E-state index contributed by atoms with van der Waals surface area (Å²) in [5.74, 6) is 0.217. The highest BCUT2D eigenvalue weighted by atomic mass is 16.2. The first kappa shape index (κ1) is 10.3. The second-order valence-electron chi connectivity index (χ2n) is 3.41. The van der Waals surface area contributed by atoms with Gasteiger partial charge in [-0.05, 0) is 19.9 Å². The molecule has 0 aromatic rings. The van der Waals surface area contributed by atoms with Crippen molar-refractivity contribution in [1.29, 1.82) is 0 Å². The molecule has 1 N–H and O–H groups in total. The van der Waals surface area contributed by atoms with E-state index < -0.39 is 0 Å². The Kier molecular flexibility index (Phi) is 3.48. The summed E-state index contributed by atoms with van der Waals surface area (Å²) in [6.45, 7) is 9.42. The summed E-state index contributed by atoms with van der Waals surface area (Å²) in [5.41, 5.74) is 0. The van der Waals surface area contributed by atoms with Crippen molar-refractivity contribution in [1.82, 2.24) is 10.2 Å². The lowest BCUT2D eigenvalue weighted by atomic mass is 10.2. The Morgan fingerprint density at radius 3 is 3.08 bits per heavy atom. The molecule has 0 aromatic heterocycles. The molecule has 0 saturated carbocycles. The van der Waals surface area contributed by atoms with Crippen LogP contribution in [0.4, 0.5) is 0 Å². The predicted octanol–water partition coefficient (Wildman–Crippen LogP) is 0.771. The van der Waals surface area contributed by atoms with Crippen LogP contribution >= 0.6 is 0 Å². The van der Waals surface area contributed by atoms with E-state index >= 15 is 0 Å². The SMILES string of the molecule is C=CC(C)N1CCC(NCC)C1=O. The Bertz CT molecular complexity index is 203. The van der Waals surface area contributed by atoms with Gasteiger partial charge in [0.05, 0.1) is 6.04 Å². The molecule has 3 nitrogen and oxygen atoms in total. The number of nitrogens with one attached hydrogen (secondary N) is 1. The van der Waals surface area contributed by atoms with Crippen LogP contribution < -0.4 is 5.32 Å². The van der Waals surface area contributed by atoms with Crippen LogP contribution in [0.15, 0.2) is 12.7 Å². The number of nitrogens with zero attached hydrogens (tertiary/aromatic N) is 1. The van der Waals surface area contributed by atoms with E-state index in [0.717, 1.165) is 19.5 Å². The van der Waals surface area contributed by atoms with Crippen LogP contribution in [-0.4, -0.2) is 36.0 Å². The van der Waals surface area contributed by atoms with E-state index in [1.165, 1.54) is 0 Å². The third kappa shape index (κ3) is 2.10. The molecule has 1 heterocycles. The van der Waals surface area contributed by atoms with E-state index in [-0.39, 0.29) is 18.0 Å². The van der Waals surface area contributed by atoms with E-state index in [0.29, 0.717) is 0 Å². The monoisotopic (exact) mass is 182 g/mol. The maximum atomic E-state index is 11.7. The van der Waals surface area contributed by atoms with Crippen molar-refractivity contribution in [2.75, 3.05) is 13.1 Å². The molecule has 1 saturated heterocycles. The van der Waals surface area contributed by atoms with E-state index in [2.05, 4.69) is 11.9 Å². The van der Waals surface area contributed by atoms with Gasteiger partial charge in [0.15, 0.2) is 0 Å². The molecule has 74 valence electrons. The summed E-state index contributed by atoms with van der Waals surface area (Å²) in [7, 11) is 0.